The SMILES string of the molecule is COC(=O)C1CCN(c2cc(Br)c(F)cc2[N+](=O)[O-])CC1. The van der Waals surface area contributed by atoms with Gasteiger partial charge in [-0.15, -0.1) is 0 Å². The van der Waals surface area contributed by atoms with Crippen LogP contribution in [-0.4, -0.2) is 31.1 Å². The molecule has 0 atom stereocenters. The summed E-state index contributed by atoms with van der Waals surface area (Å²) < 4.78 is 18.4. The molecule has 114 valence electrons. The molecule has 6 nitrogen and oxygen atoms in total. The summed E-state index contributed by atoms with van der Waals surface area (Å²) in [7, 11) is 1.34. The topological polar surface area (TPSA) is 72.7 Å². The first-order valence-corrected chi connectivity index (χ1v) is 7.19. The van der Waals surface area contributed by atoms with Crippen LogP contribution in [0.1, 0.15) is 12.8 Å². The molecule has 2 rings (SSSR count). The van der Waals surface area contributed by atoms with Crippen molar-refractivity contribution in [2.45, 2.75) is 12.8 Å². The van der Waals surface area contributed by atoms with Gasteiger partial charge in [0, 0.05) is 13.1 Å². The highest BCUT2D eigenvalue weighted by Crippen LogP contribution is 2.35. The first-order chi connectivity index (χ1) is 9.93. The lowest BCUT2D eigenvalue weighted by molar-refractivity contribution is -0.384. The van der Waals surface area contributed by atoms with Crippen LogP contribution in [-0.2, 0) is 9.53 Å². The van der Waals surface area contributed by atoms with Gasteiger partial charge in [-0.1, -0.05) is 0 Å². The summed E-state index contributed by atoms with van der Waals surface area (Å²) in [6, 6.07) is 2.32. The largest absolute Gasteiger partial charge is 0.469 e. The lowest BCUT2D eigenvalue weighted by Crippen LogP contribution is -2.37. The third-order valence-electron chi connectivity index (χ3n) is 3.58. The smallest absolute Gasteiger partial charge is 0.308 e. The van der Waals surface area contributed by atoms with Gasteiger partial charge in [0.25, 0.3) is 5.69 Å². The number of rotatable bonds is 3. The summed E-state index contributed by atoms with van der Waals surface area (Å²) in [5.74, 6) is -1.12. The van der Waals surface area contributed by atoms with Crippen molar-refractivity contribution >= 4 is 33.3 Å². The molecule has 0 spiro atoms. The summed E-state index contributed by atoms with van der Waals surface area (Å²) in [6.07, 6.45) is 1.11. The number of nitrogens with zero attached hydrogens (tertiary/aromatic N) is 2. The maximum Gasteiger partial charge on any atom is 0.308 e. The maximum atomic E-state index is 13.5. The number of halogens is 2. The zero-order chi connectivity index (χ0) is 15.6. The van der Waals surface area contributed by atoms with E-state index in [9.17, 15) is 19.3 Å². The van der Waals surface area contributed by atoms with Crippen LogP contribution in [0, 0.1) is 21.8 Å². The number of carbonyl (C=O) groups excluding carboxylic acids is 1. The Labute approximate surface area is 129 Å². The number of methoxy groups -OCH3 is 1. The van der Waals surface area contributed by atoms with Gasteiger partial charge in [-0.25, -0.2) is 4.39 Å². The monoisotopic (exact) mass is 360 g/mol. The van der Waals surface area contributed by atoms with Crippen LogP contribution in [0.15, 0.2) is 16.6 Å². The van der Waals surface area contributed by atoms with Gasteiger partial charge in [0.2, 0.25) is 0 Å². The summed E-state index contributed by atoms with van der Waals surface area (Å²) in [5.41, 5.74) is 0.0869. The summed E-state index contributed by atoms with van der Waals surface area (Å²) >= 11 is 3.04. The fourth-order valence-electron chi connectivity index (χ4n) is 2.45. The van der Waals surface area contributed by atoms with Gasteiger partial charge in [0.1, 0.15) is 11.5 Å². The van der Waals surface area contributed by atoms with Gasteiger partial charge < -0.3 is 9.64 Å². The first-order valence-electron chi connectivity index (χ1n) is 6.40. The molecular formula is C13H14BrFN2O4. The molecule has 0 radical (unpaired) electrons. The van der Waals surface area contributed by atoms with Gasteiger partial charge >= 0.3 is 5.97 Å². The molecule has 1 aromatic rings. The van der Waals surface area contributed by atoms with Crippen molar-refractivity contribution < 1.29 is 18.8 Å². The van der Waals surface area contributed by atoms with Crippen molar-refractivity contribution in [3.63, 3.8) is 0 Å². The molecule has 8 heteroatoms. The van der Waals surface area contributed by atoms with E-state index in [1.807, 2.05) is 0 Å². The van der Waals surface area contributed by atoms with Crippen LogP contribution in [0.25, 0.3) is 0 Å². The van der Waals surface area contributed by atoms with E-state index in [0.717, 1.165) is 6.07 Å². The molecule has 1 saturated heterocycles. The summed E-state index contributed by atoms with van der Waals surface area (Å²) in [6.45, 7) is 0.970. The molecule has 1 aliphatic rings. The maximum absolute atomic E-state index is 13.5. The van der Waals surface area contributed by atoms with Crippen LogP contribution < -0.4 is 4.90 Å². The molecule has 1 aliphatic heterocycles. The number of hydrogen-bond donors (Lipinski definition) is 0. The van der Waals surface area contributed by atoms with Crippen molar-refractivity contribution in [1.82, 2.24) is 0 Å². The molecule has 1 heterocycles. The Balaban J connectivity index is 2.22. The highest BCUT2D eigenvalue weighted by molar-refractivity contribution is 9.10. The minimum atomic E-state index is -0.671. The number of benzene rings is 1. The molecule has 0 aliphatic carbocycles. The lowest BCUT2D eigenvalue weighted by atomic mass is 9.96. The normalized spacial score (nSPS) is 15.9. The third kappa shape index (κ3) is 3.31. The van der Waals surface area contributed by atoms with E-state index in [1.165, 1.54) is 13.2 Å². The van der Waals surface area contributed by atoms with Crippen molar-refractivity contribution in [1.29, 1.82) is 0 Å². The van der Waals surface area contributed by atoms with Gasteiger partial charge in [-0.05, 0) is 34.8 Å². The molecule has 0 N–H and O–H groups in total. The third-order valence-corrected chi connectivity index (χ3v) is 4.19. The van der Waals surface area contributed by atoms with Crippen molar-refractivity contribution in [3.05, 3.63) is 32.5 Å². The number of nitro benzene ring substituents is 1. The Bertz CT molecular complexity index is 574. The van der Waals surface area contributed by atoms with Gasteiger partial charge in [-0.2, -0.15) is 0 Å². The zero-order valence-electron chi connectivity index (χ0n) is 11.3. The average Bonchev–Trinajstić information content (AvgIpc) is 2.48. The van der Waals surface area contributed by atoms with E-state index in [4.69, 9.17) is 4.74 Å². The van der Waals surface area contributed by atoms with Crippen LogP contribution in [0.3, 0.4) is 0 Å². The molecule has 0 unspecified atom stereocenters. The molecule has 21 heavy (non-hydrogen) atoms. The number of anilines is 1. The van der Waals surface area contributed by atoms with Crippen LogP contribution >= 0.6 is 15.9 Å². The Kier molecular flexibility index (Phi) is 4.76. The second-order valence-electron chi connectivity index (χ2n) is 4.80. The van der Waals surface area contributed by atoms with Crippen LogP contribution in [0.5, 0.6) is 0 Å². The molecular weight excluding hydrogens is 347 g/mol. The second-order valence-corrected chi connectivity index (χ2v) is 5.65. The van der Waals surface area contributed by atoms with E-state index < -0.39 is 10.7 Å². The quantitative estimate of drug-likeness (QED) is 0.470. The second kappa shape index (κ2) is 6.38. The molecule has 1 aromatic carbocycles. The molecule has 0 bridgehead atoms. The number of esters is 1. The number of nitro groups is 1. The predicted octanol–water partition coefficient (Wildman–Crippen LogP) is 2.89. The van der Waals surface area contributed by atoms with Gasteiger partial charge in [0.15, 0.2) is 0 Å². The van der Waals surface area contributed by atoms with E-state index in [-0.39, 0.29) is 22.0 Å². The minimum absolute atomic E-state index is 0.179. The van der Waals surface area contributed by atoms with Gasteiger partial charge in [0.05, 0.1) is 28.5 Å². The predicted molar refractivity (Wildman–Crippen MR) is 77.7 cm³/mol. The van der Waals surface area contributed by atoms with Crippen LogP contribution in [0.2, 0.25) is 0 Å². The Morgan fingerprint density at radius 3 is 2.62 bits per heavy atom. The van der Waals surface area contributed by atoms with Crippen LogP contribution in [0.4, 0.5) is 15.8 Å². The summed E-state index contributed by atoms with van der Waals surface area (Å²) in [5, 5.41) is 11.1. The standard InChI is InChI=1S/C13H14BrFN2O4/c1-21-13(18)8-2-4-16(5-3-8)11-6-9(14)10(15)7-12(11)17(19)20/h6-8H,2-5H2,1H3. The minimum Gasteiger partial charge on any atom is -0.469 e. The highest BCUT2D eigenvalue weighted by Gasteiger charge is 2.29. The number of carbonyl (C=O) groups is 1. The Hall–Kier alpha value is -1.70. The zero-order valence-corrected chi connectivity index (χ0v) is 12.9. The molecule has 1 fully saturated rings. The number of hydrogen-bond acceptors (Lipinski definition) is 5. The molecule has 0 aromatic heterocycles. The van der Waals surface area contributed by atoms with Crippen molar-refractivity contribution in [2.24, 2.45) is 5.92 Å². The fraction of sp³-hybridized carbons (Fsp3) is 0.462. The Morgan fingerprint density at radius 2 is 2.10 bits per heavy atom. The summed E-state index contributed by atoms with van der Waals surface area (Å²) in [4.78, 5) is 23.7. The lowest BCUT2D eigenvalue weighted by Gasteiger charge is -2.32. The van der Waals surface area contributed by atoms with Crippen molar-refractivity contribution in [2.75, 3.05) is 25.1 Å². The fourth-order valence-corrected chi connectivity index (χ4v) is 2.78. The van der Waals surface area contributed by atoms with E-state index in [2.05, 4.69) is 15.9 Å². The molecule has 0 amide bonds. The van der Waals surface area contributed by atoms with E-state index >= 15 is 0 Å². The highest BCUT2D eigenvalue weighted by atomic mass is 79.9. The Morgan fingerprint density at radius 1 is 1.48 bits per heavy atom. The average molecular weight is 361 g/mol. The van der Waals surface area contributed by atoms with E-state index in [1.54, 1.807) is 4.90 Å². The molecule has 0 saturated carbocycles. The van der Waals surface area contributed by atoms with E-state index in [0.29, 0.717) is 31.6 Å². The first kappa shape index (κ1) is 15.7. The van der Waals surface area contributed by atoms with Crippen molar-refractivity contribution in [3.8, 4) is 0 Å². The number of ether oxygens (including phenoxy) is 1. The number of piperidine rings is 1. The van der Waals surface area contributed by atoms with Gasteiger partial charge in [-0.3, -0.25) is 14.9 Å².